The Bertz CT molecular complexity index is 813. The summed E-state index contributed by atoms with van der Waals surface area (Å²) in [6, 6.07) is 5.83. The number of aryl methyl sites for hydroxylation is 2. The van der Waals surface area contributed by atoms with Crippen molar-refractivity contribution in [1.29, 1.82) is 0 Å². The Morgan fingerprint density at radius 2 is 2.15 bits per heavy atom. The number of hydrogen-bond acceptors (Lipinski definition) is 5. The van der Waals surface area contributed by atoms with E-state index < -0.39 is 0 Å². The van der Waals surface area contributed by atoms with Gasteiger partial charge in [0.2, 0.25) is 17.6 Å². The van der Waals surface area contributed by atoms with E-state index in [-0.39, 0.29) is 24.1 Å². The molecule has 1 N–H and O–H groups in total. The smallest absolute Gasteiger partial charge is 0.227 e. The van der Waals surface area contributed by atoms with Gasteiger partial charge in [-0.1, -0.05) is 17.3 Å². The van der Waals surface area contributed by atoms with Gasteiger partial charge >= 0.3 is 0 Å². The second kappa shape index (κ2) is 8.35. The first-order chi connectivity index (χ1) is 12.6. The quantitative estimate of drug-likeness (QED) is 0.863. The van der Waals surface area contributed by atoms with E-state index >= 15 is 0 Å². The molecule has 1 aromatic heterocycles. The van der Waals surface area contributed by atoms with E-state index in [1.165, 1.54) is 12.5 Å². The van der Waals surface area contributed by atoms with Gasteiger partial charge in [-0.15, -0.1) is 12.4 Å². The maximum atomic E-state index is 13.7. The lowest BCUT2D eigenvalue weighted by molar-refractivity contribution is -0.131. The molecule has 2 fully saturated rings. The number of aromatic nitrogens is 2. The molecule has 146 valence electrons. The second-order valence-electron chi connectivity index (χ2n) is 7.24. The first-order valence-corrected chi connectivity index (χ1v) is 9.21. The van der Waals surface area contributed by atoms with E-state index in [2.05, 4.69) is 15.5 Å². The number of carbonyl (C=O) groups excluding carboxylic acids is 1. The van der Waals surface area contributed by atoms with Crippen LogP contribution < -0.4 is 5.32 Å². The number of hydrogen-bond donors (Lipinski definition) is 1. The molecule has 0 aliphatic carbocycles. The minimum absolute atomic E-state index is 0. The monoisotopic (exact) mass is 394 g/mol. The van der Waals surface area contributed by atoms with Crippen LogP contribution in [0.15, 0.2) is 22.7 Å². The molecule has 2 saturated heterocycles. The molecule has 2 aliphatic heterocycles. The summed E-state index contributed by atoms with van der Waals surface area (Å²) in [5.74, 6) is 0.583. The maximum absolute atomic E-state index is 13.7. The lowest BCUT2D eigenvalue weighted by atomic mass is 10.1. The van der Waals surface area contributed by atoms with Crippen molar-refractivity contribution in [2.45, 2.75) is 51.1 Å². The zero-order chi connectivity index (χ0) is 18.1. The Hall–Kier alpha value is -1.99. The Balaban J connectivity index is 0.00000210. The molecule has 1 aromatic carbocycles. The largest absolute Gasteiger partial charge is 0.341 e. The molecule has 0 spiro atoms. The molecule has 0 radical (unpaired) electrons. The summed E-state index contributed by atoms with van der Waals surface area (Å²) in [6.07, 6.45) is 4.14. The average molecular weight is 395 g/mol. The molecule has 1 amide bonds. The Labute approximate surface area is 163 Å². The van der Waals surface area contributed by atoms with Crippen molar-refractivity contribution in [3.63, 3.8) is 0 Å². The summed E-state index contributed by atoms with van der Waals surface area (Å²) in [5.41, 5.74) is 1.15. The number of benzene rings is 1. The van der Waals surface area contributed by atoms with Crippen molar-refractivity contribution in [2.24, 2.45) is 0 Å². The highest BCUT2D eigenvalue weighted by atomic mass is 35.5. The topological polar surface area (TPSA) is 71.3 Å². The normalized spacial score (nSPS) is 21.6. The standard InChI is InChI=1S/C19H23FN4O2.ClH/c1-12-2-3-13(10-16(12)20)19-22-17(26-23-19)6-7-18(25)24-9-8-14-4-5-15(11-24)21-14;/h2-3,10,14-15,21H,4-9,11H2,1H3;1H. The van der Waals surface area contributed by atoms with Crippen molar-refractivity contribution < 1.29 is 13.7 Å². The van der Waals surface area contributed by atoms with Gasteiger partial charge in [0, 0.05) is 43.6 Å². The number of carbonyl (C=O) groups is 1. The van der Waals surface area contributed by atoms with Gasteiger partial charge in [-0.05, 0) is 37.8 Å². The lowest BCUT2D eigenvalue weighted by Crippen LogP contribution is -2.39. The van der Waals surface area contributed by atoms with Crippen LogP contribution in [-0.2, 0) is 11.2 Å². The molecule has 6 nitrogen and oxygen atoms in total. The number of likely N-dealkylation sites (tertiary alicyclic amines) is 1. The van der Waals surface area contributed by atoms with Crippen molar-refractivity contribution in [2.75, 3.05) is 13.1 Å². The van der Waals surface area contributed by atoms with E-state index in [1.807, 2.05) is 4.90 Å². The Morgan fingerprint density at radius 1 is 1.33 bits per heavy atom. The summed E-state index contributed by atoms with van der Waals surface area (Å²) in [5, 5.41) is 7.48. The van der Waals surface area contributed by atoms with Crippen LogP contribution in [0.5, 0.6) is 0 Å². The maximum Gasteiger partial charge on any atom is 0.227 e. The van der Waals surface area contributed by atoms with E-state index in [0.717, 1.165) is 25.9 Å². The van der Waals surface area contributed by atoms with Crippen LogP contribution in [0.2, 0.25) is 0 Å². The number of nitrogens with zero attached hydrogens (tertiary/aromatic N) is 3. The van der Waals surface area contributed by atoms with E-state index in [4.69, 9.17) is 4.52 Å². The second-order valence-corrected chi connectivity index (χ2v) is 7.24. The van der Waals surface area contributed by atoms with E-state index in [0.29, 0.717) is 47.8 Å². The van der Waals surface area contributed by atoms with Gasteiger partial charge in [0.1, 0.15) is 5.82 Å². The molecule has 2 unspecified atom stereocenters. The lowest BCUT2D eigenvalue weighted by Gasteiger charge is -2.24. The van der Waals surface area contributed by atoms with Crippen molar-refractivity contribution in [1.82, 2.24) is 20.4 Å². The van der Waals surface area contributed by atoms with Crippen molar-refractivity contribution in [3.05, 3.63) is 35.5 Å². The molecule has 4 rings (SSSR count). The van der Waals surface area contributed by atoms with Gasteiger partial charge in [-0.3, -0.25) is 4.79 Å². The fraction of sp³-hybridized carbons (Fsp3) is 0.526. The fourth-order valence-electron chi connectivity index (χ4n) is 3.75. The average Bonchev–Trinajstić information content (AvgIpc) is 3.21. The van der Waals surface area contributed by atoms with Gasteiger partial charge in [0.15, 0.2) is 0 Å². The summed E-state index contributed by atoms with van der Waals surface area (Å²) >= 11 is 0. The van der Waals surface area contributed by atoms with Crippen molar-refractivity contribution >= 4 is 18.3 Å². The van der Waals surface area contributed by atoms with Crippen LogP contribution in [0.1, 0.15) is 37.1 Å². The van der Waals surface area contributed by atoms with Crippen LogP contribution in [0.3, 0.4) is 0 Å². The van der Waals surface area contributed by atoms with Crippen LogP contribution in [0.25, 0.3) is 11.4 Å². The minimum Gasteiger partial charge on any atom is -0.341 e. The molecule has 27 heavy (non-hydrogen) atoms. The molecular weight excluding hydrogens is 371 g/mol. The summed E-state index contributed by atoms with van der Waals surface area (Å²) in [4.78, 5) is 18.8. The SMILES string of the molecule is Cc1ccc(-c2noc(CCC(=O)N3CCC4CCC(C3)N4)n2)cc1F.Cl. The third kappa shape index (κ3) is 4.47. The summed E-state index contributed by atoms with van der Waals surface area (Å²) in [7, 11) is 0. The van der Waals surface area contributed by atoms with Gasteiger partial charge < -0.3 is 14.7 Å². The highest BCUT2D eigenvalue weighted by molar-refractivity contribution is 5.85. The van der Waals surface area contributed by atoms with E-state index in [1.54, 1.807) is 19.1 Å². The van der Waals surface area contributed by atoms with Crippen LogP contribution in [0, 0.1) is 12.7 Å². The minimum atomic E-state index is -0.298. The van der Waals surface area contributed by atoms with Gasteiger partial charge in [-0.25, -0.2) is 4.39 Å². The molecular formula is C19H24ClFN4O2. The molecule has 3 heterocycles. The summed E-state index contributed by atoms with van der Waals surface area (Å²) in [6.45, 7) is 3.30. The Kier molecular flexibility index (Phi) is 6.11. The molecule has 0 saturated carbocycles. The molecule has 2 atom stereocenters. The number of fused-ring (bicyclic) bond motifs is 2. The highest BCUT2D eigenvalue weighted by Gasteiger charge is 2.31. The number of amides is 1. The zero-order valence-corrected chi connectivity index (χ0v) is 16.1. The third-order valence-corrected chi connectivity index (χ3v) is 5.33. The summed E-state index contributed by atoms with van der Waals surface area (Å²) < 4.78 is 18.9. The zero-order valence-electron chi connectivity index (χ0n) is 15.3. The first kappa shape index (κ1) is 19.8. The Morgan fingerprint density at radius 3 is 2.96 bits per heavy atom. The fourth-order valence-corrected chi connectivity index (χ4v) is 3.75. The molecule has 8 heteroatoms. The van der Waals surface area contributed by atoms with Crippen LogP contribution >= 0.6 is 12.4 Å². The number of nitrogens with one attached hydrogen (secondary N) is 1. The molecule has 2 aliphatic rings. The van der Waals surface area contributed by atoms with Gasteiger partial charge in [0.05, 0.1) is 0 Å². The predicted molar refractivity (Wildman–Crippen MR) is 101 cm³/mol. The first-order valence-electron chi connectivity index (χ1n) is 9.21. The van der Waals surface area contributed by atoms with Gasteiger partial charge in [0.25, 0.3) is 0 Å². The van der Waals surface area contributed by atoms with Crippen molar-refractivity contribution in [3.8, 4) is 11.4 Å². The van der Waals surface area contributed by atoms with E-state index in [9.17, 15) is 9.18 Å². The predicted octanol–water partition coefficient (Wildman–Crippen LogP) is 2.89. The highest BCUT2D eigenvalue weighted by Crippen LogP contribution is 2.22. The van der Waals surface area contributed by atoms with Crippen LogP contribution in [0.4, 0.5) is 4.39 Å². The number of rotatable bonds is 4. The molecule has 2 aromatic rings. The van der Waals surface area contributed by atoms with Crippen LogP contribution in [-0.4, -0.2) is 46.1 Å². The third-order valence-electron chi connectivity index (χ3n) is 5.33. The van der Waals surface area contributed by atoms with Gasteiger partial charge in [-0.2, -0.15) is 4.98 Å². The molecule has 2 bridgehead atoms. The number of halogens is 2.